The van der Waals surface area contributed by atoms with Crippen LogP contribution in [0.4, 0.5) is 0 Å². The van der Waals surface area contributed by atoms with Crippen LogP contribution in [-0.2, 0) is 0 Å². The Bertz CT molecular complexity index is 1360. The van der Waals surface area contributed by atoms with Crippen molar-refractivity contribution in [2.75, 3.05) is 6.54 Å². The fourth-order valence-electron chi connectivity index (χ4n) is 6.01. The number of rotatable bonds is 5. The molecule has 2 heterocycles. The van der Waals surface area contributed by atoms with Gasteiger partial charge in [-0.1, -0.05) is 55.3 Å². The van der Waals surface area contributed by atoms with Crippen LogP contribution in [0.5, 0.6) is 0 Å². The highest BCUT2D eigenvalue weighted by Gasteiger charge is 2.26. The fourth-order valence-corrected chi connectivity index (χ4v) is 6.01. The van der Waals surface area contributed by atoms with Crippen LogP contribution in [0, 0.1) is 11.8 Å². The number of aromatic nitrogens is 2. The molecule has 2 aliphatic rings. The van der Waals surface area contributed by atoms with Gasteiger partial charge in [0.1, 0.15) is 0 Å². The normalized spacial score (nSPS) is 21.0. The minimum absolute atomic E-state index is 0.544. The molecule has 0 bridgehead atoms. The molecule has 0 saturated heterocycles. The van der Waals surface area contributed by atoms with Gasteiger partial charge in [0.2, 0.25) is 0 Å². The minimum atomic E-state index is 0.544. The second kappa shape index (κ2) is 10.2. The maximum atomic E-state index is 5.88. The Labute approximate surface area is 209 Å². The molecular formula is C32H37N3. The lowest BCUT2D eigenvalue weighted by Crippen LogP contribution is -2.10. The number of allylic oxidation sites excluding steroid dienone is 5. The van der Waals surface area contributed by atoms with E-state index in [9.17, 15) is 0 Å². The first-order chi connectivity index (χ1) is 17.1. The average molecular weight is 464 g/mol. The van der Waals surface area contributed by atoms with Crippen molar-refractivity contribution in [3.8, 4) is 11.1 Å². The summed E-state index contributed by atoms with van der Waals surface area (Å²) >= 11 is 0. The third kappa shape index (κ3) is 4.59. The largest absolute Gasteiger partial charge is 0.330 e. The molecule has 3 heteroatoms. The van der Waals surface area contributed by atoms with Crippen LogP contribution < -0.4 is 5.73 Å². The van der Waals surface area contributed by atoms with Crippen LogP contribution in [0.2, 0.25) is 0 Å². The Hall–Kier alpha value is -3.13. The van der Waals surface area contributed by atoms with Crippen LogP contribution in [-0.4, -0.2) is 16.3 Å². The summed E-state index contributed by atoms with van der Waals surface area (Å²) in [5.41, 5.74) is 18.3. The van der Waals surface area contributed by atoms with Crippen LogP contribution >= 0.6 is 0 Å². The van der Waals surface area contributed by atoms with Gasteiger partial charge in [0.05, 0.1) is 17.6 Å². The zero-order chi connectivity index (χ0) is 24.4. The van der Waals surface area contributed by atoms with E-state index in [-0.39, 0.29) is 0 Å². The van der Waals surface area contributed by atoms with Gasteiger partial charge in [-0.15, -0.1) is 5.73 Å². The average Bonchev–Trinajstić information content (AvgIpc) is 3.06. The van der Waals surface area contributed by atoms with E-state index < -0.39 is 0 Å². The highest BCUT2D eigenvalue weighted by Crippen LogP contribution is 2.40. The maximum Gasteiger partial charge on any atom is 0.0824 e. The monoisotopic (exact) mass is 463 g/mol. The molecule has 2 unspecified atom stereocenters. The molecule has 1 aliphatic carbocycles. The first-order valence-electron chi connectivity index (χ1n) is 13.2. The van der Waals surface area contributed by atoms with Crippen molar-refractivity contribution >= 4 is 22.5 Å². The highest BCUT2D eigenvalue weighted by atomic mass is 15.3. The molecule has 1 saturated carbocycles. The molecule has 1 fully saturated rings. The summed E-state index contributed by atoms with van der Waals surface area (Å²) in [7, 11) is 0. The van der Waals surface area contributed by atoms with Crippen LogP contribution in [0.3, 0.4) is 0 Å². The van der Waals surface area contributed by atoms with Gasteiger partial charge in [0.25, 0.3) is 0 Å². The van der Waals surface area contributed by atoms with Crippen molar-refractivity contribution in [3.63, 3.8) is 0 Å². The number of nitrogens with two attached hydrogens (primary N) is 1. The number of hydrogen-bond donors (Lipinski definition) is 1. The summed E-state index contributed by atoms with van der Waals surface area (Å²) in [6, 6.07) is 15.2. The second-order valence-electron chi connectivity index (χ2n) is 10.2. The highest BCUT2D eigenvalue weighted by molar-refractivity contribution is 5.89. The summed E-state index contributed by atoms with van der Waals surface area (Å²) in [5, 5.41) is 7.44. The lowest BCUT2D eigenvalue weighted by molar-refractivity contribution is 0.427. The summed E-state index contributed by atoms with van der Waals surface area (Å²) in [4.78, 5) is 0. The van der Waals surface area contributed by atoms with Crippen LogP contribution in [0.1, 0.15) is 65.0 Å². The fraction of sp³-hybridized carbons (Fsp3) is 0.375. The summed E-state index contributed by atoms with van der Waals surface area (Å²) in [6.45, 7) is 7.40. The molecule has 2 aromatic carbocycles. The van der Waals surface area contributed by atoms with Gasteiger partial charge < -0.3 is 5.73 Å². The van der Waals surface area contributed by atoms with Gasteiger partial charge in [0.15, 0.2) is 0 Å². The summed E-state index contributed by atoms with van der Waals surface area (Å²) in [6.07, 6.45) is 13.9. The van der Waals surface area contributed by atoms with E-state index in [1.165, 1.54) is 70.9 Å². The number of nitrogens with zero attached hydrogens (tertiary/aromatic N) is 2. The van der Waals surface area contributed by atoms with E-state index >= 15 is 0 Å². The van der Waals surface area contributed by atoms with Gasteiger partial charge in [0, 0.05) is 17.2 Å². The third-order valence-corrected chi connectivity index (χ3v) is 8.08. The molecule has 2 N–H and O–H groups in total. The Balaban J connectivity index is 1.61. The Kier molecular flexibility index (Phi) is 6.90. The van der Waals surface area contributed by atoms with E-state index in [0.717, 1.165) is 30.1 Å². The zero-order valence-corrected chi connectivity index (χ0v) is 21.3. The Morgan fingerprint density at radius 1 is 1.11 bits per heavy atom. The van der Waals surface area contributed by atoms with E-state index in [0.29, 0.717) is 5.92 Å². The summed E-state index contributed by atoms with van der Waals surface area (Å²) < 4.78 is 2.14. The lowest BCUT2D eigenvalue weighted by atomic mass is 9.85. The molecule has 0 spiro atoms. The quantitative estimate of drug-likeness (QED) is 0.308. The number of fused-ring (bicyclic) bond motifs is 2. The number of benzene rings is 2. The van der Waals surface area contributed by atoms with E-state index in [1.807, 2.05) is 6.20 Å². The molecular weight excluding hydrogens is 426 g/mol. The smallest absolute Gasteiger partial charge is 0.0824 e. The van der Waals surface area contributed by atoms with Crippen LogP contribution in [0.25, 0.3) is 33.7 Å². The predicted molar refractivity (Wildman–Crippen MR) is 149 cm³/mol. The van der Waals surface area contributed by atoms with Crippen LogP contribution in [0.15, 0.2) is 77.2 Å². The molecule has 1 aliphatic heterocycles. The second-order valence-corrected chi connectivity index (χ2v) is 10.2. The Morgan fingerprint density at radius 2 is 1.94 bits per heavy atom. The molecule has 3 aromatic rings. The molecule has 35 heavy (non-hydrogen) atoms. The van der Waals surface area contributed by atoms with E-state index in [4.69, 9.17) is 10.8 Å². The number of hydrogen-bond acceptors (Lipinski definition) is 2. The van der Waals surface area contributed by atoms with Crippen molar-refractivity contribution in [3.05, 3.63) is 82.9 Å². The first kappa shape index (κ1) is 23.6. The van der Waals surface area contributed by atoms with Gasteiger partial charge in [-0.25, -0.2) is 4.68 Å². The molecule has 0 amide bonds. The van der Waals surface area contributed by atoms with Crippen molar-refractivity contribution in [2.24, 2.45) is 17.6 Å². The molecule has 180 valence electrons. The molecule has 5 rings (SSSR count). The standard InChI is InChI=1S/C32H37N3/c1-4-22(2)32-23(3)29(26-11-7-8-24(12-13-26)18-19-33)16-17-31-30(21-34-35(31)32)28-15-14-25-9-5-6-10-27(25)20-28/h4-6,9-10,14-15,17,20-21,24,26H,7-8,11-13,18-19,33H2,1-3H3. The molecule has 1 aromatic heterocycles. The summed E-state index contributed by atoms with van der Waals surface area (Å²) in [5.74, 6) is 1.32. The van der Waals surface area contributed by atoms with Crippen molar-refractivity contribution in [2.45, 2.75) is 59.3 Å². The van der Waals surface area contributed by atoms with Gasteiger partial charge in [-0.05, 0) is 98.4 Å². The third-order valence-electron chi connectivity index (χ3n) is 8.08. The Morgan fingerprint density at radius 3 is 2.74 bits per heavy atom. The van der Waals surface area contributed by atoms with E-state index in [1.54, 1.807) is 0 Å². The molecule has 3 nitrogen and oxygen atoms in total. The van der Waals surface area contributed by atoms with Gasteiger partial charge in [-0.3, -0.25) is 0 Å². The zero-order valence-electron chi connectivity index (χ0n) is 21.3. The van der Waals surface area contributed by atoms with Gasteiger partial charge >= 0.3 is 0 Å². The SMILES string of the molecule is CC=C(C)C1=C(C)C(C2CCCC(CCN)CC2)=C=Cc2c(-c3ccc4ccccc4c3)cnn21. The first-order valence-corrected chi connectivity index (χ1v) is 13.2. The molecule has 2 atom stereocenters. The van der Waals surface area contributed by atoms with E-state index in [2.05, 4.69) is 85.8 Å². The topological polar surface area (TPSA) is 43.8 Å². The molecule has 0 radical (unpaired) electrons. The van der Waals surface area contributed by atoms with Crippen molar-refractivity contribution in [1.29, 1.82) is 0 Å². The van der Waals surface area contributed by atoms with Crippen molar-refractivity contribution < 1.29 is 0 Å². The maximum absolute atomic E-state index is 5.88. The van der Waals surface area contributed by atoms with Crippen molar-refractivity contribution in [1.82, 2.24) is 9.78 Å². The van der Waals surface area contributed by atoms with Gasteiger partial charge in [-0.2, -0.15) is 5.10 Å². The minimum Gasteiger partial charge on any atom is -0.330 e. The lowest BCUT2D eigenvalue weighted by Gasteiger charge is -2.21. The predicted octanol–water partition coefficient (Wildman–Crippen LogP) is 8.00.